The molecule has 3 heteroatoms. The van der Waals surface area contributed by atoms with E-state index in [1.807, 2.05) is 63.2 Å². The molecule has 21 heavy (non-hydrogen) atoms. The highest BCUT2D eigenvalue weighted by atomic mass is 16.5. The highest BCUT2D eigenvalue weighted by molar-refractivity contribution is 5.95. The molecule has 0 atom stereocenters. The number of amides is 1. The summed E-state index contributed by atoms with van der Waals surface area (Å²) in [5.41, 5.74) is 4.03. The topological polar surface area (TPSA) is 38.3 Å². The van der Waals surface area contributed by atoms with Crippen molar-refractivity contribution in [2.75, 3.05) is 13.2 Å². The van der Waals surface area contributed by atoms with E-state index in [-0.39, 0.29) is 5.91 Å². The molecule has 0 spiro atoms. The third-order valence-corrected chi connectivity index (χ3v) is 3.50. The van der Waals surface area contributed by atoms with Crippen LogP contribution in [0, 0.1) is 20.8 Å². The molecule has 2 aromatic rings. The highest BCUT2D eigenvalue weighted by Crippen LogP contribution is 2.13. The third-order valence-electron chi connectivity index (χ3n) is 3.50. The van der Waals surface area contributed by atoms with Crippen LogP contribution in [-0.4, -0.2) is 19.1 Å². The minimum atomic E-state index is -0.0518. The molecule has 2 rings (SSSR count). The maximum atomic E-state index is 12.1. The summed E-state index contributed by atoms with van der Waals surface area (Å²) in [6.45, 7) is 6.94. The predicted molar refractivity (Wildman–Crippen MR) is 84.9 cm³/mol. The van der Waals surface area contributed by atoms with Crippen LogP contribution in [0.2, 0.25) is 0 Å². The van der Waals surface area contributed by atoms with Gasteiger partial charge >= 0.3 is 0 Å². The summed E-state index contributed by atoms with van der Waals surface area (Å²) >= 11 is 0. The molecule has 0 aromatic heterocycles. The highest BCUT2D eigenvalue weighted by Gasteiger charge is 2.09. The van der Waals surface area contributed by atoms with Crippen LogP contribution < -0.4 is 10.1 Å². The molecule has 3 nitrogen and oxygen atoms in total. The second-order valence-corrected chi connectivity index (χ2v) is 5.17. The van der Waals surface area contributed by atoms with Gasteiger partial charge < -0.3 is 10.1 Å². The molecule has 0 saturated carbocycles. The van der Waals surface area contributed by atoms with Gasteiger partial charge in [0.1, 0.15) is 12.4 Å². The fraction of sp³-hybridized carbons (Fsp3) is 0.278. The van der Waals surface area contributed by atoms with E-state index in [0.29, 0.717) is 13.2 Å². The summed E-state index contributed by atoms with van der Waals surface area (Å²) in [7, 11) is 0. The second kappa shape index (κ2) is 6.93. The van der Waals surface area contributed by atoms with Gasteiger partial charge in [-0.1, -0.05) is 24.3 Å². The Labute approximate surface area is 126 Å². The minimum absolute atomic E-state index is 0.0518. The molecule has 1 N–H and O–H groups in total. The standard InChI is InChI=1S/C18H21NO2/c1-13-6-4-8-16(12-13)21-11-10-19-18(20)17-9-5-7-14(2)15(17)3/h4-9,12H,10-11H2,1-3H3,(H,19,20). The van der Waals surface area contributed by atoms with E-state index < -0.39 is 0 Å². The van der Waals surface area contributed by atoms with Crippen molar-refractivity contribution < 1.29 is 9.53 Å². The summed E-state index contributed by atoms with van der Waals surface area (Å²) in [6, 6.07) is 13.6. The number of hydrogen-bond donors (Lipinski definition) is 1. The summed E-state index contributed by atoms with van der Waals surface area (Å²) in [5, 5.41) is 2.89. The van der Waals surface area contributed by atoms with Crippen molar-refractivity contribution in [1.82, 2.24) is 5.32 Å². The number of hydrogen-bond acceptors (Lipinski definition) is 2. The Bertz CT molecular complexity index is 635. The lowest BCUT2D eigenvalue weighted by atomic mass is 10.0. The molecule has 0 heterocycles. The maximum Gasteiger partial charge on any atom is 0.251 e. The van der Waals surface area contributed by atoms with Crippen LogP contribution in [0.1, 0.15) is 27.0 Å². The fourth-order valence-electron chi connectivity index (χ4n) is 2.13. The first-order valence-electron chi connectivity index (χ1n) is 7.12. The Morgan fingerprint density at radius 3 is 2.62 bits per heavy atom. The predicted octanol–water partition coefficient (Wildman–Crippen LogP) is 3.42. The van der Waals surface area contributed by atoms with Crippen LogP contribution >= 0.6 is 0 Å². The van der Waals surface area contributed by atoms with E-state index in [4.69, 9.17) is 4.74 Å². The summed E-state index contributed by atoms with van der Waals surface area (Å²) in [5.74, 6) is 0.778. The molecule has 0 aliphatic heterocycles. The Morgan fingerprint density at radius 2 is 1.86 bits per heavy atom. The Hall–Kier alpha value is -2.29. The van der Waals surface area contributed by atoms with Crippen LogP contribution in [0.25, 0.3) is 0 Å². The van der Waals surface area contributed by atoms with Crippen molar-refractivity contribution in [3.05, 3.63) is 64.7 Å². The molecule has 0 unspecified atom stereocenters. The van der Waals surface area contributed by atoms with Gasteiger partial charge in [0.25, 0.3) is 5.91 Å². The SMILES string of the molecule is Cc1cccc(OCCNC(=O)c2cccc(C)c2C)c1. The summed E-state index contributed by atoms with van der Waals surface area (Å²) < 4.78 is 5.61. The van der Waals surface area contributed by atoms with Crippen LogP contribution in [0.5, 0.6) is 5.75 Å². The molecule has 0 aliphatic carbocycles. The zero-order chi connectivity index (χ0) is 15.2. The zero-order valence-corrected chi connectivity index (χ0v) is 12.8. The second-order valence-electron chi connectivity index (χ2n) is 5.17. The average molecular weight is 283 g/mol. The molecule has 1 amide bonds. The van der Waals surface area contributed by atoms with Gasteiger partial charge in [0.2, 0.25) is 0 Å². The van der Waals surface area contributed by atoms with Gasteiger partial charge in [0.05, 0.1) is 6.54 Å². The van der Waals surface area contributed by atoms with Gasteiger partial charge in [-0.25, -0.2) is 0 Å². The lowest BCUT2D eigenvalue weighted by Crippen LogP contribution is -2.28. The number of rotatable bonds is 5. The smallest absolute Gasteiger partial charge is 0.251 e. The van der Waals surface area contributed by atoms with Crippen LogP contribution in [0.15, 0.2) is 42.5 Å². The molecule has 2 aromatic carbocycles. The van der Waals surface area contributed by atoms with Crippen molar-refractivity contribution in [2.24, 2.45) is 0 Å². The van der Waals surface area contributed by atoms with Gasteiger partial charge in [-0.15, -0.1) is 0 Å². The normalized spacial score (nSPS) is 10.2. The monoisotopic (exact) mass is 283 g/mol. The van der Waals surface area contributed by atoms with Gasteiger partial charge in [0, 0.05) is 5.56 Å². The third kappa shape index (κ3) is 4.09. The van der Waals surface area contributed by atoms with E-state index in [9.17, 15) is 4.79 Å². The Balaban J connectivity index is 1.83. The lowest BCUT2D eigenvalue weighted by Gasteiger charge is -2.10. The van der Waals surface area contributed by atoms with E-state index in [0.717, 1.165) is 28.0 Å². The first-order chi connectivity index (χ1) is 10.1. The van der Waals surface area contributed by atoms with Crippen LogP contribution in [0.4, 0.5) is 0 Å². The van der Waals surface area contributed by atoms with Gasteiger partial charge in [0.15, 0.2) is 0 Å². The van der Waals surface area contributed by atoms with Crippen LogP contribution in [0.3, 0.4) is 0 Å². The minimum Gasteiger partial charge on any atom is -0.492 e. The molecule has 0 saturated heterocycles. The number of carbonyl (C=O) groups is 1. The van der Waals surface area contributed by atoms with E-state index in [1.54, 1.807) is 0 Å². The molecular weight excluding hydrogens is 262 g/mol. The molecular formula is C18H21NO2. The molecule has 0 fully saturated rings. The van der Waals surface area contributed by atoms with Crippen molar-refractivity contribution in [3.63, 3.8) is 0 Å². The van der Waals surface area contributed by atoms with Crippen molar-refractivity contribution in [2.45, 2.75) is 20.8 Å². The van der Waals surface area contributed by atoms with Gasteiger partial charge in [-0.3, -0.25) is 4.79 Å². The lowest BCUT2D eigenvalue weighted by molar-refractivity contribution is 0.0946. The summed E-state index contributed by atoms with van der Waals surface area (Å²) in [4.78, 5) is 12.1. The van der Waals surface area contributed by atoms with Crippen molar-refractivity contribution in [3.8, 4) is 5.75 Å². The van der Waals surface area contributed by atoms with Crippen molar-refractivity contribution in [1.29, 1.82) is 0 Å². The molecule has 0 bridgehead atoms. The number of aryl methyl sites for hydroxylation is 2. The largest absolute Gasteiger partial charge is 0.492 e. The number of ether oxygens (including phenoxy) is 1. The fourth-order valence-corrected chi connectivity index (χ4v) is 2.13. The quantitative estimate of drug-likeness (QED) is 0.854. The summed E-state index contributed by atoms with van der Waals surface area (Å²) in [6.07, 6.45) is 0. The number of carbonyl (C=O) groups excluding carboxylic acids is 1. The molecule has 0 aliphatic rings. The van der Waals surface area contributed by atoms with E-state index in [2.05, 4.69) is 5.32 Å². The van der Waals surface area contributed by atoms with Crippen molar-refractivity contribution >= 4 is 5.91 Å². The first-order valence-corrected chi connectivity index (χ1v) is 7.12. The van der Waals surface area contributed by atoms with Crippen LogP contribution in [-0.2, 0) is 0 Å². The molecule has 110 valence electrons. The first kappa shape index (κ1) is 15.1. The van der Waals surface area contributed by atoms with E-state index >= 15 is 0 Å². The Morgan fingerprint density at radius 1 is 1.10 bits per heavy atom. The van der Waals surface area contributed by atoms with E-state index in [1.165, 1.54) is 0 Å². The van der Waals surface area contributed by atoms with Gasteiger partial charge in [-0.2, -0.15) is 0 Å². The average Bonchev–Trinajstić information content (AvgIpc) is 2.46. The molecule has 0 radical (unpaired) electrons. The Kier molecular flexibility index (Phi) is 4.99. The number of benzene rings is 2. The number of nitrogens with one attached hydrogen (secondary N) is 1. The zero-order valence-electron chi connectivity index (χ0n) is 12.8. The maximum absolute atomic E-state index is 12.1. The van der Waals surface area contributed by atoms with Gasteiger partial charge in [-0.05, 0) is 55.7 Å².